The molecule has 0 radical (unpaired) electrons. The van der Waals surface area contributed by atoms with Gasteiger partial charge in [0, 0.05) is 19.1 Å². The van der Waals surface area contributed by atoms with Crippen molar-refractivity contribution in [2.45, 2.75) is 44.9 Å². The van der Waals surface area contributed by atoms with Gasteiger partial charge in [0.25, 0.3) is 0 Å². The van der Waals surface area contributed by atoms with Gasteiger partial charge in [-0.05, 0) is 50.4 Å². The van der Waals surface area contributed by atoms with Gasteiger partial charge in [-0.15, -0.1) is 0 Å². The Kier molecular flexibility index (Phi) is 4.11. The van der Waals surface area contributed by atoms with Crippen molar-refractivity contribution in [2.24, 2.45) is 0 Å². The first kappa shape index (κ1) is 14.1. The van der Waals surface area contributed by atoms with Gasteiger partial charge in [-0.1, -0.05) is 18.2 Å². The van der Waals surface area contributed by atoms with Crippen molar-refractivity contribution in [3.8, 4) is 0 Å². The molecule has 1 heterocycles. The second kappa shape index (κ2) is 5.84. The molecule has 2 fully saturated rings. The Balaban J connectivity index is 1.78. The quantitative estimate of drug-likeness (QED) is 0.912. The summed E-state index contributed by atoms with van der Waals surface area (Å²) in [6.07, 6.45) is 2.92. The van der Waals surface area contributed by atoms with Gasteiger partial charge in [0.2, 0.25) is 0 Å². The molecule has 0 aromatic heterocycles. The van der Waals surface area contributed by atoms with Gasteiger partial charge in [0.1, 0.15) is 0 Å². The number of nitrogens with one attached hydrogen (secondary N) is 1. The fourth-order valence-corrected chi connectivity index (χ4v) is 3.02. The Bertz CT molecular complexity index is 470. The minimum absolute atomic E-state index is 0.261. The van der Waals surface area contributed by atoms with Crippen molar-refractivity contribution in [1.29, 1.82) is 0 Å². The van der Waals surface area contributed by atoms with E-state index in [4.69, 9.17) is 4.74 Å². The van der Waals surface area contributed by atoms with Gasteiger partial charge in [-0.3, -0.25) is 4.90 Å². The molecule has 1 aromatic carbocycles. The van der Waals surface area contributed by atoms with Crippen LogP contribution in [0.15, 0.2) is 18.2 Å². The molecule has 0 spiro atoms. The van der Waals surface area contributed by atoms with Crippen molar-refractivity contribution in [3.63, 3.8) is 0 Å². The van der Waals surface area contributed by atoms with E-state index in [1.165, 1.54) is 29.5 Å². The average molecular weight is 274 g/mol. The van der Waals surface area contributed by atoms with Crippen LogP contribution in [0.5, 0.6) is 0 Å². The molecule has 1 saturated carbocycles. The maximum atomic E-state index is 6.06. The second-order valence-electron chi connectivity index (χ2n) is 6.36. The lowest BCUT2D eigenvalue weighted by Gasteiger charge is -2.39. The molecule has 1 saturated heterocycles. The summed E-state index contributed by atoms with van der Waals surface area (Å²) >= 11 is 0. The average Bonchev–Trinajstić information content (AvgIpc) is 3.24. The Labute approximate surface area is 122 Å². The van der Waals surface area contributed by atoms with Crippen molar-refractivity contribution < 1.29 is 4.74 Å². The molecule has 20 heavy (non-hydrogen) atoms. The number of hydrogen-bond acceptors (Lipinski definition) is 3. The first-order valence-corrected chi connectivity index (χ1v) is 7.77. The molecule has 1 aliphatic carbocycles. The number of rotatable bonds is 4. The predicted octanol–water partition coefficient (Wildman–Crippen LogP) is 2.43. The number of benzene rings is 1. The van der Waals surface area contributed by atoms with Crippen LogP contribution in [0, 0.1) is 13.8 Å². The second-order valence-corrected chi connectivity index (χ2v) is 6.36. The van der Waals surface area contributed by atoms with Crippen LogP contribution in [0.25, 0.3) is 0 Å². The van der Waals surface area contributed by atoms with Gasteiger partial charge >= 0.3 is 0 Å². The summed E-state index contributed by atoms with van der Waals surface area (Å²) < 4.78 is 6.06. The number of morpholine rings is 1. The Hall–Kier alpha value is -0.900. The van der Waals surface area contributed by atoms with E-state index < -0.39 is 0 Å². The van der Waals surface area contributed by atoms with Gasteiger partial charge in [-0.25, -0.2) is 0 Å². The van der Waals surface area contributed by atoms with Crippen molar-refractivity contribution in [3.05, 3.63) is 34.9 Å². The monoisotopic (exact) mass is 274 g/mol. The summed E-state index contributed by atoms with van der Waals surface area (Å²) in [5.41, 5.74) is 4.12. The zero-order valence-electron chi connectivity index (χ0n) is 12.9. The van der Waals surface area contributed by atoms with Crippen molar-refractivity contribution in [2.75, 3.05) is 26.7 Å². The summed E-state index contributed by atoms with van der Waals surface area (Å²) in [5, 5.41) is 3.62. The molecule has 1 aromatic rings. The fraction of sp³-hybridized carbons (Fsp3) is 0.647. The normalized spacial score (nSPS) is 27.8. The van der Waals surface area contributed by atoms with Crippen LogP contribution in [0.2, 0.25) is 0 Å². The van der Waals surface area contributed by atoms with Crippen LogP contribution in [0.3, 0.4) is 0 Å². The summed E-state index contributed by atoms with van der Waals surface area (Å²) in [4.78, 5) is 2.44. The number of aryl methyl sites for hydroxylation is 2. The summed E-state index contributed by atoms with van der Waals surface area (Å²) in [5.74, 6) is 0. The first-order valence-electron chi connectivity index (χ1n) is 7.77. The zero-order valence-corrected chi connectivity index (χ0v) is 12.9. The third kappa shape index (κ3) is 3.05. The fourth-order valence-electron chi connectivity index (χ4n) is 3.02. The van der Waals surface area contributed by atoms with E-state index in [1.54, 1.807) is 0 Å². The molecular formula is C17H26N2O. The van der Waals surface area contributed by atoms with E-state index in [0.29, 0.717) is 6.04 Å². The molecule has 2 aliphatic rings. The van der Waals surface area contributed by atoms with E-state index in [0.717, 1.165) is 25.7 Å². The molecule has 0 amide bonds. The minimum atomic E-state index is 0.261. The van der Waals surface area contributed by atoms with E-state index >= 15 is 0 Å². The van der Waals surface area contributed by atoms with Gasteiger partial charge in [-0.2, -0.15) is 0 Å². The Morgan fingerprint density at radius 1 is 1.25 bits per heavy atom. The molecule has 1 N–H and O–H groups in total. The summed E-state index contributed by atoms with van der Waals surface area (Å²) in [6, 6.07) is 7.94. The lowest BCUT2D eigenvalue weighted by molar-refractivity contribution is -0.0615. The molecule has 2 atom stereocenters. The standard InChI is InChI=1S/C17H26N2O/c1-12-4-5-14(10-13(12)2)17-16(11-18-15-6-7-15)20-9-8-19(17)3/h4-5,10,15-18H,6-9,11H2,1-3H3. The number of ether oxygens (including phenoxy) is 1. The highest BCUT2D eigenvalue weighted by Crippen LogP contribution is 2.30. The molecule has 0 bridgehead atoms. The third-order valence-electron chi connectivity index (χ3n) is 4.66. The number of nitrogens with zero attached hydrogens (tertiary/aromatic N) is 1. The lowest BCUT2D eigenvalue weighted by atomic mass is 9.95. The van der Waals surface area contributed by atoms with Crippen molar-refractivity contribution in [1.82, 2.24) is 10.2 Å². The lowest BCUT2D eigenvalue weighted by Crippen LogP contribution is -2.47. The molecular weight excluding hydrogens is 248 g/mol. The van der Waals surface area contributed by atoms with E-state index in [1.807, 2.05) is 0 Å². The van der Waals surface area contributed by atoms with Gasteiger partial charge in [0.05, 0.1) is 18.8 Å². The first-order chi connectivity index (χ1) is 9.65. The maximum absolute atomic E-state index is 6.06. The van der Waals surface area contributed by atoms with Crippen molar-refractivity contribution >= 4 is 0 Å². The van der Waals surface area contributed by atoms with E-state index in [2.05, 4.69) is 49.3 Å². The number of hydrogen-bond donors (Lipinski definition) is 1. The minimum Gasteiger partial charge on any atom is -0.374 e. The largest absolute Gasteiger partial charge is 0.374 e. The third-order valence-corrected chi connectivity index (χ3v) is 4.66. The van der Waals surface area contributed by atoms with Crippen LogP contribution >= 0.6 is 0 Å². The Morgan fingerprint density at radius 3 is 2.75 bits per heavy atom. The number of likely N-dealkylation sites (N-methyl/N-ethyl adjacent to an activating group) is 1. The van der Waals surface area contributed by atoms with Crippen LogP contribution in [0.4, 0.5) is 0 Å². The molecule has 3 nitrogen and oxygen atoms in total. The van der Waals surface area contributed by atoms with Gasteiger partial charge < -0.3 is 10.1 Å². The van der Waals surface area contributed by atoms with Crippen LogP contribution in [-0.2, 0) is 4.74 Å². The SMILES string of the molecule is Cc1ccc(C2C(CNC3CC3)OCCN2C)cc1C. The van der Waals surface area contributed by atoms with Gasteiger partial charge in [0.15, 0.2) is 0 Å². The maximum Gasteiger partial charge on any atom is 0.0896 e. The highest BCUT2D eigenvalue weighted by molar-refractivity contribution is 5.32. The summed E-state index contributed by atoms with van der Waals surface area (Å²) in [6.45, 7) is 7.19. The molecule has 110 valence electrons. The molecule has 3 heteroatoms. The zero-order chi connectivity index (χ0) is 14.1. The smallest absolute Gasteiger partial charge is 0.0896 e. The summed E-state index contributed by atoms with van der Waals surface area (Å²) in [7, 11) is 2.21. The Morgan fingerprint density at radius 2 is 2.05 bits per heavy atom. The highest BCUT2D eigenvalue weighted by Gasteiger charge is 2.33. The van der Waals surface area contributed by atoms with E-state index in [9.17, 15) is 0 Å². The highest BCUT2D eigenvalue weighted by atomic mass is 16.5. The van der Waals surface area contributed by atoms with Crippen LogP contribution < -0.4 is 5.32 Å². The molecule has 3 rings (SSSR count). The van der Waals surface area contributed by atoms with Crippen LogP contribution in [-0.4, -0.2) is 43.8 Å². The van der Waals surface area contributed by atoms with Crippen LogP contribution in [0.1, 0.15) is 35.6 Å². The molecule has 1 aliphatic heterocycles. The topological polar surface area (TPSA) is 24.5 Å². The predicted molar refractivity (Wildman–Crippen MR) is 82.1 cm³/mol. The van der Waals surface area contributed by atoms with E-state index in [-0.39, 0.29) is 6.10 Å². The molecule has 2 unspecified atom stereocenters.